The van der Waals surface area contributed by atoms with Crippen LogP contribution in [0.5, 0.6) is 0 Å². The Balaban J connectivity index is 2.33. The molecule has 0 aliphatic carbocycles. The van der Waals surface area contributed by atoms with Crippen molar-refractivity contribution in [3.05, 3.63) is 47.3 Å². The Kier molecular flexibility index (Phi) is 4.82. The van der Waals surface area contributed by atoms with E-state index in [1.807, 2.05) is 14.1 Å². The third-order valence-corrected chi connectivity index (χ3v) is 3.56. The first-order valence-corrected chi connectivity index (χ1v) is 7.36. The van der Waals surface area contributed by atoms with Gasteiger partial charge in [0.25, 0.3) is 0 Å². The fraction of sp³-hybridized carbons (Fsp3) is 0.250. The van der Waals surface area contributed by atoms with Crippen molar-refractivity contribution in [3.8, 4) is 5.69 Å². The Morgan fingerprint density at radius 3 is 2.45 bits per heavy atom. The van der Waals surface area contributed by atoms with Crippen molar-refractivity contribution in [1.82, 2.24) is 9.99 Å². The summed E-state index contributed by atoms with van der Waals surface area (Å²) in [5, 5.41) is 4.18. The summed E-state index contributed by atoms with van der Waals surface area (Å²) in [5.74, 6) is 0. The number of benzene rings is 1. The molecule has 0 aliphatic heterocycles. The van der Waals surface area contributed by atoms with Gasteiger partial charge in [-0.3, -0.25) is 5.43 Å². The SMILES string of the molecule is Cc1cc(/C=N/NC(N)=S)c(C)n1-c1ccc(N(C)C)cc1. The topological polar surface area (TPSA) is 58.6 Å². The molecule has 0 spiro atoms. The fourth-order valence-corrected chi connectivity index (χ4v) is 2.43. The zero-order valence-corrected chi connectivity index (χ0v) is 14.1. The van der Waals surface area contributed by atoms with Crippen LogP contribution in [-0.4, -0.2) is 30.0 Å². The van der Waals surface area contributed by atoms with Gasteiger partial charge >= 0.3 is 0 Å². The summed E-state index contributed by atoms with van der Waals surface area (Å²) in [6.45, 7) is 4.14. The highest BCUT2D eigenvalue weighted by atomic mass is 32.1. The number of aromatic nitrogens is 1. The molecule has 0 bridgehead atoms. The summed E-state index contributed by atoms with van der Waals surface area (Å²) >= 11 is 4.73. The van der Waals surface area contributed by atoms with Crippen LogP contribution in [-0.2, 0) is 0 Å². The van der Waals surface area contributed by atoms with Crippen molar-refractivity contribution in [2.75, 3.05) is 19.0 Å². The third-order valence-electron chi connectivity index (χ3n) is 3.47. The van der Waals surface area contributed by atoms with Gasteiger partial charge in [0.15, 0.2) is 5.11 Å². The molecule has 1 heterocycles. The summed E-state index contributed by atoms with van der Waals surface area (Å²) in [6, 6.07) is 10.5. The van der Waals surface area contributed by atoms with Gasteiger partial charge in [0.2, 0.25) is 0 Å². The summed E-state index contributed by atoms with van der Waals surface area (Å²) < 4.78 is 2.20. The van der Waals surface area contributed by atoms with Gasteiger partial charge in [0.05, 0.1) is 6.21 Å². The molecule has 3 N–H and O–H groups in total. The van der Waals surface area contributed by atoms with Crippen molar-refractivity contribution in [1.29, 1.82) is 0 Å². The van der Waals surface area contributed by atoms with E-state index in [-0.39, 0.29) is 5.11 Å². The molecular formula is C16H21N5S. The Hall–Kier alpha value is -2.34. The predicted molar refractivity (Wildman–Crippen MR) is 97.1 cm³/mol. The molecule has 0 amide bonds. The van der Waals surface area contributed by atoms with E-state index in [2.05, 4.69) is 64.2 Å². The van der Waals surface area contributed by atoms with E-state index in [1.54, 1.807) is 6.21 Å². The van der Waals surface area contributed by atoms with Crippen molar-refractivity contribution in [3.63, 3.8) is 0 Å². The minimum absolute atomic E-state index is 0.157. The number of aryl methyl sites for hydroxylation is 1. The van der Waals surface area contributed by atoms with Crippen molar-refractivity contribution >= 4 is 29.2 Å². The molecule has 22 heavy (non-hydrogen) atoms. The zero-order valence-electron chi connectivity index (χ0n) is 13.3. The molecule has 0 atom stereocenters. The predicted octanol–water partition coefficient (Wildman–Crippen LogP) is 2.33. The monoisotopic (exact) mass is 315 g/mol. The van der Waals surface area contributed by atoms with Crippen molar-refractivity contribution in [2.24, 2.45) is 10.8 Å². The minimum atomic E-state index is 0.157. The summed E-state index contributed by atoms with van der Waals surface area (Å²) in [4.78, 5) is 2.08. The van der Waals surface area contributed by atoms with Crippen LogP contribution in [0.2, 0.25) is 0 Å². The molecule has 2 aromatic rings. The number of thiocarbonyl (C=S) groups is 1. The van der Waals surface area contributed by atoms with Crippen LogP contribution in [0.1, 0.15) is 17.0 Å². The van der Waals surface area contributed by atoms with Crippen LogP contribution in [0, 0.1) is 13.8 Å². The molecule has 0 aliphatic rings. The average Bonchev–Trinajstić information content (AvgIpc) is 2.73. The van der Waals surface area contributed by atoms with E-state index < -0.39 is 0 Å². The smallest absolute Gasteiger partial charge is 0.184 e. The molecule has 0 fully saturated rings. The minimum Gasteiger partial charge on any atom is -0.378 e. The summed E-state index contributed by atoms with van der Waals surface area (Å²) in [5.41, 5.74) is 13.5. The molecule has 0 saturated carbocycles. The number of nitrogens with zero attached hydrogens (tertiary/aromatic N) is 3. The maximum Gasteiger partial charge on any atom is 0.184 e. The van der Waals surface area contributed by atoms with E-state index in [9.17, 15) is 0 Å². The van der Waals surface area contributed by atoms with Crippen LogP contribution >= 0.6 is 12.2 Å². The largest absolute Gasteiger partial charge is 0.378 e. The van der Waals surface area contributed by atoms with Gasteiger partial charge in [-0.25, -0.2) is 0 Å². The molecule has 2 rings (SSSR count). The quantitative estimate of drug-likeness (QED) is 0.516. The highest BCUT2D eigenvalue weighted by Crippen LogP contribution is 2.22. The Bertz CT molecular complexity index is 698. The Morgan fingerprint density at radius 2 is 1.91 bits per heavy atom. The molecule has 0 radical (unpaired) electrons. The molecule has 5 nitrogen and oxygen atoms in total. The van der Waals surface area contributed by atoms with Crippen molar-refractivity contribution < 1.29 is 0 Å². The standard InChI is InChI=1S/C16H21N5S/c1-11-9-13(10-18-19-16(17)22)12(2)21(11)15-7-5-14(6-8-15)20(3)4/h5-10H,1-4H3,(H3,17,19,22)/b18-10+. The first-order chi connectivity index (χ1) is 10.4. The lowest BCUT2D eigenvalue weighted by Crippen LogP contribution is -2.24. The summed E-state index contributed by atoms with van der Waals surface area (Å²) in [7, 11) is 4.06. The third kappa shape index (κ3) is 3.46. The van der Waals surface area contributed by atoms with Gasteiger partial charge in [-0.1, -0.05) is 0 Å². The average molecular weight is 315 g/mol. The molecule has 1 aromatic heterocycles. The molecule has 116 valence electrons. The lowest BCUT2D eigenvalue weighted by molar-refractivity contribution is 0.962. The lowest BCUT2D eigenvalue weighted by Gasteiger charge is -2.14. The van der Waals surface area contributed by atoms with Gasteiger partial charge in [0.1, 0.15) is 0 Å². The van der Waals surface area contributed by atoms with Gasteiger partial charge < -0.3 is 15.2 Å². The number of rotatable bonds is 4. The number of nitrogens with one attached hydrogen (secondary N) is 1. The van der Waals surface area contributed by atoms with Gasteiger partial charge in [-0.05, 0) is 56.4 Å². The molecule has 6 heteroatoms. The van der Waals surface area contributed by atoms with E-state index >= 15 is 0 Å². The fourth-order valence-electron chi connectivity index (χ4n) is 2.38. The molecule has 0 saturated heterocycles. The number of hydrogen-bond acceptors (Lipinski definition) is 3. The Labute approximate surface area is 136 Å². The van der Waals surface area contributed by atoms with Gasteiger partial charge in [-0.2, -0.15) is 5.10 Å². The highest BCUT2D eigenvalue weighted by Gasteiger charge is 2.09. The Morgan fingerprint density at radius 1 is 1.27 bits per heavy atom. The van der Waals surface area contributed by atoms with E-state index in [1.165, 1.54) is 5.69 Å². The van der Waals surface area contributed by atoms with E-state index in [0.717, 1.165) is 22.6 Å². The van der Waals surface area contributed by atoms with Crippen molar-refractivity contribution in [2.45, 2.75) is 13.8 Å². The van der Waals surface area contributed by atoms with Crippen LogP contribution in [0.4, 0.5) is 5.69 Å². The number of hydrogen-bond donors (Lipinski definition) is 2. The van der Waals surface area contributed by atoms with Crippen LogP contribution in [0.25, 0.3) is 5.69 Å². The first kappa shape index (κ1) is 16.0. The van der Waals surface area contributed by atoms with Gasteiger partial charge in [0, 0.05) is 42.4 Å². The lowest BCUT2D eigenvalue weighted by atomic mass is 10.2. The first-order valence-electron chi connectivity index (χ1n) is 6.95. The number of anilines is 1. The van der Waals surface area contributed by atoms with Crippen LogP contribution in [0.3, 0.4) is 0 Å². The van der Waals surface area contributed by atoms with E-state index in [0.29, 0.717) is 0 Å². The highest BCUT2D eigenvalue weighted by molar-refractivity contribution is 7.80. The zero-order chi connectivity index (χ0) is 16.3. The molecule has 1 aromatic carbocycles. The normalized spacial score (nSPS) is 10.9. The second-order valence-electron chi connectivity index (χ2n) is 5.31. The number of hydrazone groups is 1. The van der Waals surface area contributed by atoms with Crippen LogP contribution < -0.4 is 16.1 Å². The van der Waals surface area contributed by atoms with Crippen LogP contribution in [0.15, 0.2) is 35.4 Å². The van der Waals surface area contributed by atoms with E-state index in [4.69, 9.17) is 18.0 Å². The second kappa shape index (κ2) is 6.62. The maximum atomic E-state index is 5.36. The molecular weight excluding hydrogens is 294 g/mol. The number of nitrogens with two attached hydrogens (primary N) is 1. The summed E-state index contributed by atoms with van der Waals surface area (Å²) in [6.07, 6.45) is 1.73. The second-order valence-corrected chi connectivity index (χ2v) is 5.75. The molecule has 0 unspecified atom stereocenters. The maximum absolute atomic E-state index is 5.36. The van der Waals surface area contributed by atoms with Gasteiger partial charge in [-0.15, -0.1) is 0 Å².